The van der Waals surface area contributed by atoms with Crippen molar-refractivity contribution in [2.75, 3.05) is 0 Å². The smallest absolute Gasteiger partial charge is 0.0626 e. The Morgan fingerprint density at radius 1 is 1.60 bits per heavy atom. The first-order valence-electron chi connectivity index (χ1n) is 4.51. The fourth-order valence-electron chi connectivity index (χ4n) is 0.675. The van der Waals surface area contributed by atoms with Gasteiger partial charge < -0.3 is 0 Å². The van der Waals surface area contributed by atoms with Gasteiger partial charge in [0.1, 0.15) is 0 Å². The third kappa shape index (κ3) is 1.91. The van der Waals surface area contributed by atoms with Crippen LogP contribution in [-0.2, 0) is 6.42 Å². The molecule has 0 fully saturated rings. The lowest BCUT2D eigenvalue weighted by molar-refractivity contribution is 1.01. The summed E-state index contributed by atoms with van der Waals surface area (Å²) >= 11 is 0. The normalized spacial score (nSPS) is 14.5. The highest BCUT2D eigenvalue weighted by Crippen LogP contribution is 2.00. The van der Waals surface area contributed by atoms with Crippen LogP contribution in [0.1, 0.15) is 16.0 Å². The molecule has 50 valence electrons. The number of rotatable bonds is 2. The number of hydrogen-bond donors (Lipinski definition) is 0. The number of hydrogen-bond acceptors (Lipinski definition) is 1. The molecule has 0 aliphatic carbocycles. The molecule has 0 amide bonds. The molecule has 0 unspecified atom stereocenters. The van der Waals surface area contributed by atoms with Gasteiger partial charge in [0.25, 0.3) is 0 Å². The highest BCUT2D eigenvalue weighted by atomic mass is 14.2. The van der Waals surface area contributed by atoms with Crippen molar-refractivity contribution in [2.45, 2.75) is 12.8 Å². The summed E-state index contributed by atoms with van der Waals surface area (Å²) in [6.07, 6.45) is -1.90. The Labute approximate surface area is 65.1 Å². The molecule has 0 N–H and O–H groups in total. The molecule has 0 atom stereocenters. The highest BCUT2D eigenvalue weighted by molar-refractivity contribution is 5.15. The van der Waals surface area contributed by atoms with Crippen LogP contribution < -0.4 is 0 Å². The van der Waals surface area contributed by atoms with E-state index in [-0.39, 0.29) is 12.5 Å². The van der Waals surface area contributed by atoms with E-state index in [1.165, 1.54) is 0 Å². The van der Waals surface area contributed by atoms with Gasteiger partial charge in [0, 0.05) is 9.11 Å². The Morgan fingerprint density at radius 3 is 3.20 bits per heavy atom. The monoisotopic (exact) mass is 134 g/mol. The van der Waals surface area contributed by atoms with E-state index in [1.807, 2.05) is 0 Å². The molecular formula is C9H9N. The van der Waals surface area contributed by atoms with E-state index in [4.69, 9.17) is 9.37 Å². The average Bonchev–Trinajstić information content (AvgIpc) is 2.09. The molecule has 0 aliphatic heterocycles. The average molecular weight is 134 g/mol. The SMILES string of the molecule is [2H]c1ccccc1CC([2H])([2H])C#N. The zero-order valence-electron chi connectivity index (χ0n) is 8.46. The van der Waals surface area contributed by atoms with Crippen LogP contribution in [0.5, 0.6) is 0 Å². The molecule has 0 bridgehead atoms. The van der Waals surface area contributed by atoms with Crippen molar-refractivity contribution in [1.82, 2.24) is 0 Å². The van der Waals surface area contributed by atoms with Gasteiger partial charge in [-0.05, 0) is 12.0 Å². The first-order chi connectivity index (χ1) is 6.05. The minimum Gasteiger partial charge on any atom is -0.198 e. The molecule has 1 nitrogen and oxygen atoms in total. The van der Waals surface area contributed by atoms with E-state index in [1.54, 1.807) is 30.3 Å². The third-order valence-corrected chi connectivity index (χ3v) is 1.13. The molecule has 0 aliphatic rings. The van der Waals surface area contributed by atoms with Crippen molar-refractivity contribution >= 4 is 0 Å². The van der Waals surface area contributed by atoms with Crippen molar-refractivity contribution < 1.29 is 4.11 Å². The standard InChI is InChI=1S/C9H9N/c10-8-4-7-9-5-2-1-3-6-9/h1-3,5-6H,4,7H2/i4D2,5D. The topological polar surface area (TPSA) is 23.8 Å². The number of nitrogens with zero attached hydrogens (tertiary/aromatic N) is 1. The van der Waals surface area contributed by atoms with E-state index < -0.39 is 6.37 Å². The van der Waals surface area contributed by atoms with Gasteiger partial charge in [0.05, 0.1) is 7.44 Å². The minimum atomic E-state index is -1.88. The first-order valence-corrected chi connectivity index (χ1v) is 3.01. The van der Waals surface area contributed by atoms with E-state index in [2.05, 4.69) is 0 Å². The summed E-state index contributed by atoms with van der Waals surface area (Å²) in [5, 5.41) is 8.46. The number of nitriles is 1. The van der Waals surface area contributed by atoms with E-state index in [9.17, 15) is 0 Å². The summed E-state index contributed by atoms with van der Waals surface area (Å²) in [5.74, 6) is 0. The summed E-state index contributed by atoms with van der Waals surface area (Å²) in [7, 11) is 0. The van der Waals surface area contributed by atoms with Crippen LogP contribution >= 0.6 is 0 Å². The van der Waals surface area contributed by atoms with Crippen molar-refractivity contribution in [1.29, 1.82) is 5.26 Å². The Hall–Kier alpha value is -1.29. The van der Waals surface area contributed by atoms with Gasteiger partial charge in [-0.3, -0.25) is 0 Å². The van der Waals surface area contributed by atoms with Gasteiger partial charge in [-0.1, -0.05) is 30.3 Å². The Bertz CT molecular complexity index is 341. The maximum Gasteiger partial charge on any atom is 0.0626 e. The molecule has 0 saturated heterocycles. The van der Waals surface area contributed by atoms with E-state index in [0.717, 1.165) is 0 Å². The largest absolute Gasteiger partial charge is 0.198 e. The molecule has 1 aromatic rings. The van der Waals surface area contributed by atoms with Crippen LogP contribution in [-0.4, -0.2) is 0 Å². The number of aryl methyl sites for hydroxylation is 1. The third-order valence-electron chi connectivity index (χ3n) is 1.13. The molecule has 0 saturated carbocycles. The van der Waals surface area contributed by atoms with E-state index >= 15 is 0 Å². The summed E-state index contributed by atoms with van der Waals surface area (Å²) in [4.78, 5) is 0. The molecular weight excluding hydrogens is 122 g/mol. The summed E-state index contributed by atoms with van der Waals surface area (Å²) in [6.45, 7) is 0. The molecule has 0 heterocycles. The Morgan fingerprint density at radius 2 is 2.50 bits per heavy atom. The molecule has 0 aromatic heterocycles. The number of benzene rings is 1. The van der Waals surface area contributed by atoms with Crippen molar-refractivity contribution in [3.63, 3.8) is 0 Å². The molecule has 1 rings (SSSR count). The second kappa shape index (κ2) is 3.68. The van der Waals surface area contributed by atoms with Gasteiger partial charge in [0.15, 0.2) is 0 Å². The predicted molar refractivity (Wildman–Crippen MR) is 40.4 cm³/mol. The fraction of sp³-hybridized carbons (Fsp3) is 0.222. The van der Waals surface area contributed by atoms with Crippen LogP contribution in [0, 0.1) is 11.3 Å². The zero-order valence-corrected chi connectivity index (χ0v) is 5.46. The lowest BCUT2D eigenvalue weighted by atomic mass is 10.1. The van der Waals surface area contributed by atoms with Crippen LogP contribution in [0.2, 0.25) is 0 Å². The minimum absolute atomic E-state index is 0.0246. The quantitative estimate of drug-likeness (QED) is 0.608. The Balaban J connectivity index is 2.88. The summed E-state index contributed by atoms with van der Waals surface area (Å²) < 4.78 is 21.9. The van der Waals surface area contributed by atoms with E-state index in [0.29, 0.717) is 5.56 Å². The lowest BCUT2D eigenvalue weighted by Crippen LogP contribution is -1.80. The molecule has 1 aromatic carbocycles. The second-order valence-electron chi connectivity index (χ2n) is 1.85. The predicted octanol–water partition coefficient (Wildman–Crippen LogP) is 2.14. The Kier molecular flexibility index (Phi) is 1.39. The van der Waals surface area contributed by atoms with Gasteiger partial charge in [-0.25, -0.2) is 0 Å². The van der Waals surface area contributed by atoms with Crippen LogP contribution in [0.3, 0.4) is 0 Å². The maximum absolute atomic E-state index is 8.46. The van der Waals surface area contributed by atoms with Crippen molar-refractivity contribution in [3.8, 4) is 6.07 Å². The zero-order chi connectivity index (χ0) is 9.90. The lowest BCUT2D eigenvalue weighted by Gasteiger charge is -1.92. The fourth-order valence-corrected chi connectivity index (χ4v) is 0.675. The molecule has 1 heteroatoms. The second-order valence-corrected chi connectivity index (χ2v) is 1.85. The van der Waals surface area contributed by atoms with Crippen LogP contribution in [0.4, 0.5) is 0 Å². The van der Waals surface area contributed by atoms with Gasteiger partial charge in [0.2, 0.25) is 0 Å². The van der Waals surface area contributed by atoms with Crippen LogP contribution in [0.25, 0.3) is 0 Å². The van der Waals surface area contributed by atoms with Crippen molar-refractivity contribution in [3.05, 3.63) is 35.9 Å². The summed E-state index contributed by atoms with van der Waals surface area (Å²) in [6, 6.07) is 8.55. The first kappa shape index (κ1) is 3.78. The summed E-state index contributed by atoms with van der Waals surface area (Å²) in [5.41, 5.74) is 0.564. The van der Waals surface area contributed by atoms with Gasteiger partial charge >= 0.3 is 0 Å². The maximum atomic E-state index is 8.46. The van der Waals surface area contributed by atoms with Crippen LogP contribution in [0.15, 0.2) is 30.3 Å². The van der Waals surface area contributed by atoms with Gasteiger partial charge in [-0.15, -0.1) is 0 Å². The van der Waals surface area contributed by atoms with Crippen molar-refractivity contribution in [2.24, 2.45) is 0 Å². The highest BCUT2D eigenvalue weighted by Gasteiger charge is 1.87. The van der Waals surface area contributed by atoms with Gasteiger partial charge in [-0.2, -0.15) is 5.26 Å². The molecule has 0 spiro atoms. The molecule has 10 heavy (non-hydrogen) atoms. The molecule has 0 radical (unpaired) electrons.